The number of hydrogen-bond donors (Lipinski definition) is 2. The number of amides is 1. The first-order chi connectivity index (χ1) is 24.9. The maximum absolute atomic E-state index is 16.4. The lowest BCUT2D eigenvalue weighted by Crippen LogP contribution is -2.37. The molecule has 3 aliphatic rings. The summed E-state index contributed by atoms with van der Waals surface area (Å²) in [5.74, 6) is -0.404. The number of nitrogens with zero attached hydrogens (tertiary/aromatic N) is 8. The second-order valence-electron chi connectivity index (χ2n) is 12.1. The molecule has 5 aromatic rings. The molecule has 24 heteroatoms. The molecule has 272 valence electrons. The van der Waals surface area contributed by atoms with Crippen molar-refractivity contribution in [2.45, 2.75) is 56.1 Å². The number of halogens is 2. The fraction of sp³-hybridized carbons (Fsp3) is 0.393. The Bertz CT molecular complexity index is 2260. The van der Waals surface area contributed by atoms with Crippen LogP contribution in [-0.2, 0) is 36.7 Å². The van der Waals surface area contributed by atoms with Crippen LogP contribution in [0.2, 0.25) is 0 Å². The minimum absolute atomic E-state index is 0.0557. The number of anilines is 1. The van der Waals surface area contributed by atoms with Gasteiger partial charge in [0, 0.05) is 5.56 Å². The van der Waals surface area contributed by atoms with Crippen molar-refractivity contribution < 1.29 is 50.3 Å². The number of ether oxygens (including phenoxy) is 2. The van der Waals surface area contributed by atoms with Crippen LogP contribution in [0.25, 0.3) is 22.3 Å². The smallest absolute Gasteiger partial charge is 0.346 e. The van der Waals surface area contributed by atoms with Crippen molar-refractivity contribution in [1.29, 1.82) is 0 Å². The molecule has 3 aliphatic heterocycles. The maximum atomic E-state index is 16.4. The van der Waals surface area contributed by atoms with Crippen molar-refractivity contribution in [2.24, 2.45) is 0 Å². The van der Waals surface area contributed by atoms with Gasteiger partial charge in [0.05, 0.1) is 31.6 Å². The first-order valence-electron chi connectivity index (χ1n) is 15.7. The van der Waals surface area contributed by atoms with Gasteiger partial charge in [-0.25, -0.2) is 43.2 Å². The van der Waals surface area contributed by atoms with Gasteiger partial charge in [0.25, 0.3) is 20.9 Å². The molecule has 0 saturated carbocycles. The maximum Gasteiger partial charge on any atom is 0.386 e. The predicted molar refractivity (Wildman–Crippen MR) is 182 cm³/mol. The zero-order valence-corrected chi connectivity index (χ0v) is 29.8. The zero-order valence-electron chi connectivity index (χ0n) is 27.1. The number of thiol groups is 1. The summed E-state index contributed by atoms with van der Waals surface area (Å²) < 4.78 is 96.6. The van der Waals surface area contributed by atoms with Gasteiger partial charge in [-0.05, 0) is 19.1 Å². The number of rotatable bonds is 4. The van der Waals surface area contributed by atoms with Crippen LogP contribution in [0, 0.1) is 6.92 Å². The number of nitrogens with one attached hydrogen (secondary N) is 1. The van der Waals surface area contributed by atoms with Crippen LogP contribution >= 0.6 is 26.5 Å². The van der Waals surface area contributed by atoms with Gasteiger partial charge >= 0.3 is 6.80 Å². The number of fused-ring (bicyclic) bond motifs is 4. The summed E-state index contributed by atoms with van der Waals surface area (Å²) in [5.41, 5.74) is 1.81. The number of aromatic nitrogens is 8. The van der Waals surface area contributed by atoms with Crippen LogP contribution < -0.4 is 5.32 Å². The van der Waals surface area contributed by atoms with Gasteiger partial charge in [0.15, 0.2) is 47.4 Å². The summed E-state index contributed by atoms with van der Waals surface area (Å²) in [6.45, 7) is -3.94. The molecule has 1 N–H and O–H groups in total. The molecule has 52 heavy (non-hydrogen) atoms. The summed E-state index contributed by atoms with van der Waals surface area (Å²) in [6.07, 6.45) is -7.78. The van der Waals surface area contributed by atoms with E-state index in [1.807, 2.05) is 0 Å². The Labute approximate surface area is 298 Å². The van der Waals surface area contributed by atoms with E-state index in [2.05, 4.69) is 47.5 Å². The van der Waals surface area contributed by atoms with Gasteiger partial charge in [-0.1, -0.05) is 30.4 Å². The van der Waals surface area contributed by atoms with E-state index in [0.717, 1.165) is 13.9 Å². The number of aryl methyl sites for hydroxylation is 1. The molecule has 3 saturated heterocycles. The fourth-order valence-corrected chi connectivity index (χ4v) is 8.88. The predicted octanol–water partition coefficient (Wildman–Crippen LogP) is 3.29. The standard InChI is InChI=1S/C28H28BF2N9O9P2S/c1-13-19-24(34-9-32-13)39(11-36-19)27-17(30)21-16(47-27)8-45-51(43,52)49-22-15(7-44-50(29,42)48-21)46-28(18(22)31)40-12-37-20-23(33-10-35-25(20)40)38-26(41)14-5-3-2-4-6-14/h2-6,9-12,15-18,21-22,27-28H,7-8,29H2,1H3,(H,43,52)(H,33,35,38,41)/t15-,16-,17-,18-,21-,22-,27-,28-,50?,51-/m1/s1. The third-order valence-corrected chi connectivity index (χ3v) is 11.6. The van der Waals surface area contributed by atoms with Gasteiger partial charge in [-0.15, -0.1) is 0 Å². The summed E-state index contributed by atoms with van der Waals surface area (Å²) >= 11 is 4.06. The number of imidazole rings is 2. The molecule has 0 bridgehead atoms. The van der Waals surface area contributed by atoms with Crippen molar-refractivity contribution in [3.8, 4) is 0 Å². The van der Waals surface area contributed by atoms with Crippen LogP contribution in [0.5, 0.6) is 0 Å². The molecule has 8 rings (SSSR count). The van der Waals surface area contributed by atoms with E-state index in [1.54, 1.807) is 37.3 Å². The lowest BCUT2D eigenvalue weighted by Gasteiger charge is -2.29. The summed E-state index contributed by atoms with van der Waals surface area (Å²) in [7, 11) is -3.01. The normalized spacial score (nSPS) is 34.0. The summed E-state index contributed by atoms with van der Waals surface area (Å²) in [5, 5.41) is 2.67. The third kappa shape index (κ3) is 6.56. The monoisotopic (exact) mass is 777 g/mol. The molecule has 0 aliphatic carbocycles. The van der Waals surface area contributed by atoms with Gasteiger partial charge in [-0.3, -0.25) is 27.5 Å². The average Bonchev–Trinajstić information content (AvgIpc) is 3.88. The fourth-order valence-electron chi connectivity index (χ4n) is 6.22. The molecule has 0 spiro atoms. The SMILES string of the molecule is BP1(=O)OC[C@H]2O[C@@H](n3cnc4c(NC(=O)c5ccccc5)ncnc43)[C@H](F)[C@@H]2O[P@](=O)(S)OC[C@H]2O[C@@H](n3cnc4c(C)ncnc43)[C@H](F)[C@@H]2O1. The highest BCUT2D eigenvalue weighted by atomic mass is 32.7. The highest BCUT2D eigenvalue weighted by Crippen LogP contribution is 2.58. The molecular formula is C28H28BF2N9O9P2S. The number of benzene rings is 1. The van der Waals surface area contributed by atoms with Gasteiger partial charge < -0.3 is 23.8 Å². The zero-order chi connectivity index (χ0) is 36.4. The highest BCUT2D eigenvalue weighted by molar-refractivity contribution is 8.44. The van der Waals surface area contributed by atoms with E-state index >= 15 is 8.78 Å². The molecule has 10 atom stereocenters. The van der Waals surface area contributed by atoms with Crippen LogP contribution in [0.1, 0.15) is 28.5 Å². The summed E-state index contributed by atoms with van der Waals surface area (Å²) in [4.78, 5) is 37.9. The van der Waals surface area contributed by atoms with Crippen LogP contribution in [0.15, 0.2) is 55.6 Å². The van der Waals surface area contributed by atoms with E-state index in [9.17, 15) is 13.9 Å². The molecule has 1 amide bonds. The van der Waals surface area contributed by atoms with Crippen LogP contribution in [-0.4, -0.2) is 102 Å². The second kappa shape index (κ2) is 13.6. The Balaban J connectivity index is 1.04. The van der Waals surface area contributed by atoms with Crippen molar-refractivity contribution in [1.82, 2.24) is 39.0 Å². The Hall–Kier alpha value is -3.72. The van der Waals surface area contributed by atoms with Crippen molar-refractivity contribution in [3.05, 3.63) is 66.9 Å². The molecular weight excluding hydrogens is 749 g/mol. The number of carbonyl (C=O) groups excluding carboxylic acids is 1. The van der Waals surface area contributed by atoms with E-state index in [1.165, 1.54) is 28.1 Å². The minimum atomic E-state index is -4.42. The first-order valence-corrected chi connectivity index (χ1v) is 20.4. The van der Waals surface area contributed by atoms with Crippen molar-refractivity contribution in [2.75, 3.05) is 18.5 Å². The number of alkyl halides is 2. The van der Waals surface area contributed by atoms with Gasteiger partial charge in [0.1, 0.15) is 42.6 Å². The summed E-state index contributed by atoms with van der Waals surface area (Å²) in [6, 6.07) is 8.40. The third-order valence-electron chi connectivity index (χ3n) is 8.69. The van der Waals surface area contributed by atoms with Crippen molar-refractivity contribution >= 4 is 68.1 Å². The highest BCUT2D eigenvalue weighted by Gasteiger charge is 2.54. The van der Waals surface area contributed by atoms with Gasteiger partial charge in [0.2, 0.25) is 0 Å². The molecule has 1 aromatic carbocycles. The molecule has 7 heterocycles. The van der Waals surface area contributed by atoms with E-state index in [0.29, 0.717) is 16.8 Å². The number of hydrogen-bond acceptors (Lipinski definition) is 15. The molecule has 4 aromatic heterocycles. The molecule has 18 nitrogen and oxygen atoms in total. The minimum Gasteiger partial charge on any atom is -0.346 e. The topological polar surface area (TPSA) is 206 Å². The lowest BCUT2D eigenvalue weighted by atomic mass is 10.1. The molecule has 1 unspecified atom stereocenters. The van der Waals surface area contributed by atoms with Crippen LogP contribution in [0.4, 0.5) is 14.6 Å². The second-order valence-corrected chi connectivity index (χ2v) is 17.0. The molecule has 0 radical (unpaired) electrons. The Morgan fingerprint density at radius 3 is 2.10 bits per heavy atom. The van der Waals surface area contributed by atoms with E-state index in [4.69, 9.17) is 27.6 Å². The Morgan fingerprint density at radius 2 is 1.42 bits per heavy atom. The quantitative estimate of drug-likeness (QED) is 0.153. The van der Waals surface area contributed by atoms with Crippen molar-refractivity contribution in [3.63, 3.8) is 0 Å². The first kappa shape index (κ1) is 35.3. The number of carbonyl (C=O) groups is 1. The van der Waals surface area contributed by atoms with E-state index in [-0.39, 0.29) is 22.6 Å². The average molecular weight is 777 g/mol. The Morgan fingerprint density at radius 1 is 0.846 bits per heavy atom. The van der Waals surface area contributed by atoms with E-state index < -0.39 is 82.6 Å². The Kier molecular flexibility index (Phi) is 9.24. The van der Waals surface area contributed by atoms with Gasteiger partial charge in [-0.2, -0.15) is 0 Å². The molecule has 3 fully saturated rings. The van der Waals surface area contributed by atoms with Crippen LogP contribution in [0.3, 0.4) is 0 Å². The largest absolute Gasteiger partial charge is 0.386 e. The lowest BCUT2D eigenvalue weighted by molar-refractivity contribution is -0.0546.